The lowest BCUT2D eigenvalue weighted by atomic mass is 9.90. The molecule has 0 aliphatic carbocycles. The average Bonchev–Trinajstić information content (AvgIpc) is 3.67. The summed E-state index contributed by atoms with van der Waals surface area (Å²) in [7, 11) is 0. The second-order valence-corrected chi connectivity index (χ2v) is 14.6. The van der Waals surface area contributed by atoms with Crippen molar-refractivity contribution in [1.29, 1.82) is 0 Å². The first-order valence-electron chi connectivity index (χ1n) is 19.9. The molecule has 2 nitrogen and oxygen atoms in total. The number of para-hydroxylation sites is 1. The van der Waals surface area contributed by atoms with Crippen molar-refractivity contribution in [3.8, 4) is 44.5 Å². The molecule has 58 heavy (non-hydrogen) atoms. The highest BCUT2D eigenvalue weighted by Gasteiger charge is 2.17. The summed E-state index contributed by atoms with van der Waals surface area (Å²) in [6.45, 7) is 6.38. The smallest absolute Gasteiger partial charge is 0.135 e. The monoisotopic (exact) mass is 745 g/mol. The van der Waals surface area contributed by atoms with Crippen LogP contribution in [0.2, 0.25) is 0 Å². The first kappa shape index (κ1) is 36.2. The minimum atomic E-state index is 0.0122. The molecule has 0 spiro atoms. The van der Waals surface area contributed by atoms with Crippen LogP contribution in [0.1, 0.15) is 12.5 Å². The van der Waals surface area contributed by atoms with E-state index in [4.69, 9.17) is 4.42 Å². The van der Waals surface area contributed by atoms with Gasteiger partial charge in [-0.1, -0.05) is 183 Å². The molecule has 9 aromatic rings. The van der Waals surface area contributed by atoms with Crippen molar-refractivity contribution in [2.75, 3.05) is 4.90 Å². The molecule has 278 valence electrons. The molecule has 1 aromatic heterocycles. The van der Waals surface area contributed by atoms with E-state index in [0.29, 0.717) is 0 Å². The van der Waals surface area contributed by atoms with Crippen molar-refractivity contribution in [1.82, 2.24) is 0 Å². The van der Waals surface area contributed by atoms with Gasteiger partial charge in [-0.15, -0.1) is 0 Å². The predicted octanol–water partition coefficient (Wildman–Crippen LogP) is 15.6. The van der Waals surface area contributed by atoms with Gasteiger partial charge in [0.15, 0.2) is 0 Å². The van der Waals surface area contributed by atoms with Gasteiger partial charge in [-0.25, -0.2) is 0 Å². The highest BCUT2D eigenvalue weighted by atomic mass is 16.3. The number of benzene rings is 8. The maximum absolute atomic E-state index is 6.21. The van der Waals surface area contributed by atoms with E-state index in [1.54, 1.807) is 0 Å². The third kappa shape index (κ3) is 7.44. The van der Waals surface area contributed by atoms with Gasteiger partial charge in [0.1, 0.15) is 11.2 Å². The number of hydrogen-bond acceptors (Lipinski definition) is 2. The summed E-state index contributed by atoms with van der Waals surface area (Å²) in [5.74, 6) is 0. The van der Waals surface area contributed by atoms with Gasteiger partial charge in [0.25, 0.3) is 0 Å². The molecule has 1 atom stereocenters. The molecule has 0 bridgehead atoms. The lowest BCUT2D eigenvalue weighted by Gasteiger charge is -2.30. The van der Waals surface area contributed by atoms with Gasteiger partial charge < -0.3 is 9.32 Å². The number of fused-ring (bicyclic) bond motifs is 3. The Hall–Kier alpha value is -7.42. The molecule has 0 aliphatic rings. The summed E-state index contributed by atoms with van der Waals surface area (Å²) >= 11 is 0. The van der Waals surface area contributed by atoms with Crippen molar-refractivity contribution in [3.05, 3.63) is 237 Å². The largest absolute Gasteiger partial charge is 0.456 e. The summed E-state index contributed by atoms with van der Waals surface area (Å²) in [5.41, 5.74) is 15.7. The van der Waals surface area contributed by atoms with Crippen LogP contribution in [0.25, 0.3) is 72.0 Å². The normalized spacial score (nSPS) is 12.3. The van der Waals surface area contributed by atoms with Gasteiger partial charge in [0, 0.05) is 28.2 Å². The second-order valence-electron chi connectivity index (χ2n) is 14.6. The summed E-state index contributed by atoms with van der Waals surface area (Å²) in [6.07, 6.45) is 8.51. The number of furan rings is 1. The van der Waals surface area contributed by atoms with E-state index >= 15 is 0 Å². The lowest BCUT2D eigenvalue weighted by molar-refractivity contribution is 0.669. The Morgan fingerprint density at radius 2 is 1.00 bits per heavy atom. The van der Waals surface area contributed by atoms with Gasteiger partial charge in [-0.3, -0.25) is 0 Å². The standard InChI is InChI=1S/C56H43NO/c1-3-15-41(47-30-36-51(46-20-11-6-12-21-46)53(38-47)48-31-37-56-54(39-48)52-22-13-14-23-55(52)58-56)25-24-40(2)57(49-32-26-44(27-33-49)42-16-7-4-8-17-42)50-34-28-45(29-35-50)43-18-9-5-10-19-43/h3-40H,1H2,2H3/b25-24-,41-15+. The topological polar surface area (TPSA) is 16.4 Å². The zero-order chi connectivity index (χ0) is 39.3. The van der Waals surface area contributed by atoms with E-state index in [9.17, 15) is 0 Å². The maximum Gasteiger partial charge on any atom is 0.135 e. The summed E-state index contributed by atoms with van der Waals surface area (Å²) in [6, 6.07) is 71.1. The highest BCUT2D eigenvalue weighted by Crippen LogP contribution is 2.39. The SMILES string of the molecule is C=C/C=C(\C=C/C(C)N(c1ccc(-c2ccccc2)cc1)c1ccc(-c2ccccc2)cc1)c1ccc(-c2ccccc2)c(-c2ccc3oc4ccccc4c3c2)c1. The fourth-order valence-corrected chi connectivity index (χ4v) is 7.94. The quantitative estimate of drug-likeness (QED) is 0.123. The number of allylic oxidation sites excluding steroid dienone is 4. The molecular formula is C56H43NO. The van der Waals surface area contributed by atoms with E-state index in [2.05, 4.69) is 225 Å². The van der Waals surface area contributed by atoms with Crippen LogP contribution in [0.15, 0.2) is 235 Å². The Labute approximate surface area is 341 Å². The lowest BCUT2D eigenvalue weighted by Crippen LogP contribution is -2.26. The van der Waals surface area contributed by atoms with Gasteiger partial charge in [-0.2, -0.15) is 0 Å². The summed E-state index contributed by atoms with van der Waals surface area (Å²) in [4.78, 5) is 2.40. The first-order valence-corrected chi connectivity index (χ1v) is 19.9. The second kappa shape index (κ2) is 16.4. The van der Waals surface area contributed by atoms with Crippen molar-refractivity contribution in [2.24, 2.45) is 0 Å². The Bertz CT molecular complexity index is 2800. The van der Waals surface area contributed by atoms with E-state index in [1.807, 2.05) is 18.2 Å². The average molecular weight is 746 g/mol. The van der Waals surface area contributed by atoms with Crippen molar-refractivity contribution in [3.63, 3.8) is 0 Å². The van der Waals surface area contributed by atoms with Gasteiger partial charge >= 0.3 is 0 Å². The Morgan fingerprint density at radius 1 is 0.483 bits per heavy atom. The first-order chi connectivity index (χ1) is 28.6. The molecular weight excluding hydrogens is 703 g/mol. The number of hydrogen-bond donors (Lipinski definition) is 0. The van der Waals surface area contributed by atoms with Crippen LogP contribution >= 0.6 is 0 Å². The third-order valence-corrected chi connectivity index (χ3v) is 10.9. The molecule has 1 unspecified atom stereocenters. The third-order valence-electron chi connectivity index (χ3n) is 10.9. The molecule has 2 heteroatoms. The number of rotatable bonds is 11. The number of anilines is 2. The molecule has 9 rings (SSSR count). The predicted molar refractivity (Wildman–Crippen MR) is 247 cm³/mol. The van der Waals surface area contributed by atoms with Crippen LogP contribution in [-0.2, 0) is 0 Å². The molecule has 0 aliphatic heterocycles. The van der Waals surface area contributed by atoms with Crippen LogP contribution in [0.5, 0.6) is 0 Å². The van der Waals surface area contributed by atoms with Crippen LogP contribution in [0.3, 0.4) is 0 Å². The van der Waals surface area contributed by atoms with Crippen molar-refractivity contribution >= 4 is 38.9 Å². The van der Waals surface area contributed by atoms with Crippen molar-refractivity contribution in [2.45, 2.75) is 13.0 Å². The van der Waals surface area contributed by atoms with E-state index < -0.39 is 0 Å². The van der Waals surface area contributed by atoms with Crippen LogP contribution < -0.4 is 4.90 Å². The molecule has 8 aromatic carbocycles. The molecule has 0 saturated carbocycles. The molecule has 0 saturated heterocycles. The fourth-order valence-electron chi connectivity index (χ4n) is 7.94. The minimum absolute atomic E-state index is 0.0122. The molecule has 1 heterocycles. The summed E-state index contributed by atoms with van der Waals surface area (Å²) < 4.78 is 6.21. The van der Waals surface area contributed by atoms with E-state index in [0.717, 1.165) is 55.6 Å². The van der Waals surface area contributed by atoms with Crippen molar-refractivity contribution < 1.29 is 4.42 Å². The van der Waals surface area contributed by atoms with E-state index in [1.165, 1.54) is 33.4 Å². The maximum atomic E-state index is 6.21. The van der Waals surface area contributed by atoms with Crippen LogP contribution in [0.4, 0.5) is 11.4 Å². The number of nitrogens with zero attached hydrogens (tertiary/aromatic N) is 1. The molecule has 0 radical (unpaired) electrons. The zero-order valence-corrected chi connectivity index (χ0v) is 32.5. The Morgan fingerprint density at radius 3 is 1.60 bits per heavy atom. The Kier molecular flexibility index (Phi) is 10.2. The van der Waals surface area contributed by atoms with Gasteiger partial charge in [-0.05, 0) is 111 Å². The summed E-state index contributed by atoms with van der Waals surface area (Å²) in [5, 5.41) is 2.23. The fraction of sp³-hybridized carbons (Fsp3) is 0.0357. The van der Waals surface area contributed by atoms with Gasteiger partial charge in [0.2, 0.25) is 0 Å². The molecule has 0 amide bonds. The van der Waals surface area contributed by atoms with E-state index in [-0.39, 0.29) is 6.04 Å². The molecule has 0 N–H and O–H groups in total. The highest BCUT2D eigenvalue weighted by molar-refractivity contribution is 6.07. The van der Waals surface area contributed by atoms with Gasteiger partial charge in [0.05, 0.1) is 0 Å². The van der Waals surface area contributed by atoms with Crippen LogP contribution in [-0.4, -0.2) is 6.04 Å². The minimum Gasteiger partial charge on any atom is -0.456 e. The van der Waals surface area contributed by atoms with Crippen LogP contribution in [0, 0.1) is 0 Å². The zero-order valence-electron chi connectivity index (χ0n) is 32.5. The Balaban J connectivity index is 1.09. The molecule has 0 fully saturated rings.